The first-order chi connectivity index (χ1) is 24.0. The maximum absolute atomic E-state index is 13.7. The van der Waals surface area contributed by atoms with E-state index in [2.05, 4.69) is 31.9 Å². The third kappa shape index (κ3) is 14.2. The number of amides is 6. The topological polar surface area (TPSA) is 284 Å². The zero-order chi connectivity index (χ0) is 38.2. The molecule has 0 radical (unpaired) electrons. The van der Waals surface area contributed by atoms with Crippen molar-refractivity contribution in [2.24, 2.45) is 23.3 Å². The molecule has 0 bridgehead atoms. The van der Waals surface area contributed by atoms with Gasteiger partial charge in [0.05, 0.1) is 12.5 Å². The highest BCUT2D eigenvalue weighted by Crippen LogP contribution is 2.14. The summed E-state index contributed by atoms with van der Waals surface area (Å²) in [6, 6.07) is -0.934. The number of carbonyl (C=O) groups is 7. The summed E-state index contributed by atoms with van der Waals surface area (Å²) in [4.78, 5) is 90.3. The first kappa shape index (κ1) is 42.4. The van der Waals surface area contributed by atoms with Gasteiger partial charge in [0.25, 0.3) is 0 Å². The van der Waals surface area contributed by atoms with Crippen molar-refractivity contribution in [3.05, 3.63) is 29.8 Å². The molecule has 6 unspecified atom stereocenters. The van der Waals surface area contributed by atoms with Crippen LogP contribution in [0.15, 0.2) is 24.3 Å². The number of primary amides is 1. The van der Waals surface area contributed by atoms with E-state index in [1.165, 1.54) is 24.3 Å². The summed E-state index contributed by atoms with van der Waals surface area (Å²) < 4.78 is 0. The maximum Gasteiger partial charge on any atom is 0.326 e. The van der Waals surface area contributed by atoms with Crippen molar-refractivity contribution in [2.45, 2.75) is 109 Å². The fourth-order valence-corrected chi connectivity index (χ4v) is 5.52. The molecule has 1 aromatic carbocycles. The highest BCUT2D eigenvalue weighted by atomic mass is 16.4. The van der Waals surface area contributed by atoms with Crippen LogP contribution in [0.3, 0.4) is 0 Å². The zero-order valence-corrected chi connectivity index (χ0v) is 29.7. The number of hydrogen-bond donors (Lipinski definition) is 10. The van der Waals surface area contributed by atoms with E-state index in [-0.39, 0.29) is 30.4 Å². The molecule has 17 heteroatoms. The van der Waals surface area contributed by atoms with Crippen LogP contribution in [0.2, 0.25) is 0 Å². The minimum Gasteiger partial charge on any atom is -0.508 e. The summed E-state index contributed by atoms with van der Waals surface area (Å²) in [5, 5.41) is 35.3. The fraction of sp³-hybridized carbons (Fsp3) is 0.618. The second kappa shape index (κ2) is 20.8. The number of benzene rings is 1. The van der Waals surface area contributed by atoms with Crippen LogP contribution in [-0.2, 0) is 40.0 Å². The number of aromatic hydroxyl groups is 1. The number of unbranched alkanes of at least 4 members (excludes halogenated alkanes) is 1. The Labute approximate surface area is 297 Å². The second-order valence-corrected chi connectivity index (χ2v) is 13.5. The summed E-state index contributed by atoms with van der Waals surface area (Å²) >= 11 is 0. The molecule has 2 rings (SSSR count). The Bertz CT molecular complexity index is 1370. The van der Waals surface area contributed by atoms with Gasteiger partial charge in [-0.3, -0.25) is 28.8 Å². The summed E-state index contributed by atoms with van der Waals surface area (Å²) in [6.45, 7) is 7.92. The van der Waals surface area contributed by atoms with Crippen LogP contribution in [0.4, 0.5) is 0 Å². The van der Waals surface area contributed by atoms with Gasteiger partial charge in [0.2, 0.25) is 35.4 Å². The van der Waals surface area contributed by atoms with E-state index in [1.807, 2.05) is 0 Å². The lowest BCUT2D eigenvalue weighted by Gasteiger charge is -2.29. The molecule has 51 heavy (non-hydrogen) atoms. The molecule has 12 N–H and O–H groups in total. The van der Waals surface area contributed by atoms with Crippen LogP contribution in [-0.4, -0.2) is 101 Å². The van der Waals surface area contributed by atoms with Gasteiger partial charge >= 0.3 is 5.97 Å². The van der Waals surface area contributed by atoms with Gasteiger partial charge in [-0.15, -0.1) is 0 Å². The Morgan fingerprint density at radius 2 is 1.33 bits per heavy atom. The Balaban J connectivity index is 2.28. The highest BCUT2D eigenvalue weighted by molar-refractivity contribution is 5.97. The SMILES string of the molecule is CC(C)C(NC(=O)C(CCCCN)NC(=O)C(NC(=O)C1CCCN1)C(C)C)C(=O)NC(Cc1ccc(O)cc1)C(=O)NC(CC(N)=O)C(=O)O. The Hall–Kier alpha value is -4.77. The summed E-state index contributed by atoms with van der Waals surface area (Å²) in [5.74, 6) is -6.60. The molecule has 6 amide bonds. The molecular weight excluding hydrogens is 664 g/mol. The molecule has 0 aliphatic carbocycles. The molecular formula is C34H54N8O9. The lowest BCUT2D eigenvalue weighted by Crippen LogP contribution is -2.61. The normalized spacial score (nSPS) is 17.0. The predicted octanol–water partition coefficient (Wildman–Crippen LogP) is -1.49. The number of aliphatic carboxylic acids is 1. The summed E-state index contributed by atoms with van der Waals surface area (Å²) in [5.41, 5.74) is 11.3. The molecule has 17 nitrogen and oxygen atoms in total. The number of nitrogens with two attached hydrogens (primary N) is 2. The van der Waals surface area contributed by atoms with E-state index in [0.29, 0.717) is 37.9 Å². The van der Waals surface area contributed by atoms with Crippen molar-refractivity contribution in [1.29, 1.82) is 0 Å². The molecule has 1 aliphatic rings. The molecule has 6 atom stereocenters. The van der Waals surface area contributed by atoms with Crippen molar-refractivity contribution in [3.8, 4) is 5.75 Å². The number of carboxylic acids is 1. The number of hydrogen-bond acceptors (Lipinski definition) is 10. The van der Waals surface area contributed by atoms with Gasteiger partial charge in [-0.1, -0.05) is 39.8 Å². The van der Waals surface area contributed by atoms with Gasteiger partial charge < -0.3 is 53.6 Å². The summed E-state index contributed by atoms with van der Waals surface area (Å²) in [7, 11) is 0. The first-order valence-electron chi connectivity index (χ1n) is 17.3. The lowest BCUT2D eigenvalue weighted by atomic mass is 9.99. The van der Waals surface area contributed by atoms with Crippen molar-refractivity contribution < 1.29 is 43.8 Å². The van der Waals surface area contributed by atoms with Gasteiger partial charge in [0, 0.05) is 6.42 Å². The maximum atomic E-state index is 13.7. The quantitative estimate of drug-likeness (QED) is 0.0654. The van der Waals surface area contributed by atoms with Crippen LogP contribution < -0.4 is 43.4 Å². The standard InChI is InChI=1S/C34H54N8O9/c1-18(2)27(41-29(45)22-9-7-15-37-22)32(48)38-23(8-5-6-14-35)30(46)42-28(19(3)4)33(49)39-24(16-20-10-12-21(43)13-11-20)31(47)40-25(34(50)51)17-26(36)44/h10-13,18-19,22-25,27-28,37,43H,5-9,14-17,35H2,1-4H3,(H2,36,44)(H,38,48)(H,39,49)(H,40,47)(H,41,45)(H,42,46)(H,50,51). The van der Waals surface area contributed by atoms with Crippen molar-refractivity contribution in [2.75, 3.05) is 13.1 Å². The minimum atomic E-state index is -1.67. The van der Waals surface area contributed by atoms with E-state index >= 15 is 0 Å². The third-order valence-corrected chi connectivity index (χ3v) is 8.48. The van der Waals surface area contributed by atoms with Crippen LogP contribution >= 0.6 is 0 Å². The number of carbonyl (C=O) groups excluding carboxylic acids is 6. The molecule has 1 aromatic rings. The van der Waals surface area contributed by atoms with Gasteiger partial charge in [-0.05, 0) is 74.7 Å². The van der Waals surface area contributed by atoms with Gasteiger partial charge in [-0.25, -0.2) is 4.79 Å². The van der Waals surface area contributed by atoms with Crippen LogP contribution in [0.1, 0.15) is 71.8 Å². The minimum absolute atomic E-state index is 0.0419. The molecule has 1 fully saturated rings. The van der Waals surface area contributed by atoms with Crippen LogP contribution in [0.25, 0.3) is 0 Å². The highest BCUT2D eigenvalue weighted by Gasteiger charge is 2.35. The Morgan fingerprint density at radius 1 is 0.784 bits per heavy atom. The molecule has 0 aromatic heterocycles. The first-order valence-corrected chi connectivity index (χ1v) is 17.3. The number of carboxylic acid groups (broad SMARTS) is 1. The van der Waals surface area contributed by atoms with E-state index in [4.69, 9.17) is 11.5 Å². The predicted molar refractivity (Wildman–Crippen MR) is 187 cm³/mol. The van der Waals surface area contributed by atoms with Crippen molar-refractivity contribution >= 4 is 41.4 Å². The fourth-order valence-electron chi connectivity index (χ4n) is 5.52. The lowest BCUT2D eigenvalue weighted by molar-refractivity contribution is -0.143. The zero-order valence-electron chi connectivity index (χ0n) is 29.7. The number of rotatable bonds is 21. The van der Waals surface area contributed by atoms with E-state index in [0.717, 1.165) is 6.42 Å². The Morgan fingerprint density at radius 3 is 1.84 bits per heavy atom. The van der Waals surface area contributed by atoms with Gasteiger partial charge in [-0.2, -0.15) is 0 Å². The molecule has 1 saturated heterocycles. The number of nitrogens with one attached hydrogen (secondary N) is 6. The monoisotopic (exact) mass is 718 g/mol. The second-order valence-electron chi connectivity index (χ2n) is 13.5. The largest absolute Gasteiger partial charge is 0.508 e. The number of phenols is 1. The molecule has 1 heterocycles. The summed E-state index contributed by atoms with van der Waals surface area (Å²) in [6.07, 6.45) is 1.87. The smallest absolute Gasteiger partial charge is 0.326 e. The van der Waals surface area contributed by atoms with E-state index < -0.39 is 84.1 Å². The van der Waals surface area contributed by atoms with Crippen molar-refractivity contribution in [3.63, 3.8) is 0 Å². The average Bonchev–Trinajstić information content (AvgIpc) is 3.60. The number of phenolic OH excluding ortho intramolecular Hbond substituents is 1. The van der Waals surface area contributed by atoms with Crippen LogP contribution in [0, 0.1) is 11.8 Å². The molecule has 284 valence electrons. The molecule has 0 saturated carbocycles. The van der Waals surface area contributed by atoms with Crippen LogP contribution in [0.5, 0.6) is 5.75 Å². The van der Waals surface area contributed by atoms with Gasteiger partial charge in [0.15, 0.2) is 0 Å². The molecule has 0 spiro atoms. The van der Waals surface area contributed by atoms with Crippen molar-refractivity contribution in [1.82, 2.24) is 31.9 Å². The van der Waals surface area contributed by atoms with E-state index in [1.54, 1.807) is 27.7 Å². The Kier molecular flexibility index (Phi) is 17.3. The van der Waals surface area contributed by atoms with E-state index in [9.17, 15) is 43.8 Å². The molecule has 1 aliphatic heterocycles. The third-order valence-electron chi connectivity index (χ3n) is 8.48. The average molecular weight is 719 g/mol. The van der Waals surface area contributed by atoms with Gasteiger partial charge in [0.1, 0.15) is 36.0 Å².